The maximum absolute atomic E-state index is 18.1. The lowest BCUT2D eigenvalue weighted by molar-refractivity contribution is -0.145. The molecule has 382 valence electrons. The van der Waals surface area contributed by atoms with Crippen molar-refractivity contribution in [3.8, 4) is 0 Å². The van der Waals surface area contributed by atoms with Crippen LogP contribution >= 0.6 is 6.89 Å². The lowest BCUT2D eigenvalue weighted by Gasteiger charge is -2.32. The van der Waals surface area contributed by atoms with Crippen LogP contribution in [0.4, 0.5) is 0 Å². The molecule has 2 nitrogen and oxygen atoms in total. The summed E-state index contributed by atoms with van der Waals surface area (Å²) < 4.78 is 7.07. The van der Waals surface area contributed by atoms with Crippen LogP contribution in [0.15, 0.2) is 72.8 Å². The van der Waals surface area contributed by atoms with Gasteiger partial charge in [-0.2, -0.15) is 0 Å². The van der Waals surface area contributed by atoms with Crippen molar-refractivity contribution < 1.29 is 9.53 Å². The Labute approximate surface area is 487 Å². The normalized spacial score (nSPS) is 21.8. The van der Waals surface area contributed by atoms with Gasteiger partial charge in [0.1, 0.15) is 5.41 Å². The average molecular weight is 1110 g/mol. The van der Waals surface area contributed by atoms with Gasteiger partial charge in [-0.05, 0) is 357 Å². The minimum atomic E-state index is -2.98. The number of carbonyl (C=O) groups is 1. The van der Waals surface area contributed by atoms with Crippen LogP contribution in [0.2, 0.25) is 0 Å². The molecule has 0 aliphatic heterocycles. The Bertz CT molecular complexity index is 7930. The van der Waals surface area contributed by atoms with Gasteiger partial charge >= 0.3 is 5.97 Å². The van der Waals surface area contributed by atoms with Crippen LogP contribution in [0.25, 0.3) is 291 Å². The van der Waals surface area contributed by atoms with Crippen molar-refractivity contribution in [1.29, 1.82) is 0 Å². The third kappa shape index (κ3) is 2.19. The Balaban J connectivity index is 0.997. The van der Waals surface area contributed by atoms with E-state index in [9.17, 15) is 0 Å². The minimum Gasteiger partial charge on any atom is -0.468 e. The van der Waals surface area contributed by atoms with Crippen molar-refractivity contribution in [1.82, 2.24) is 0 Å². The third-order valence-electron chi connectivity index (χ3n) is 29.7. The van der Waals surface area contributed by atoms with Crippen molar-refractivity contribution in [2.24, 2.45) is 5.41 Å². The topological polar surface area (TPSA) is 26.3 Å². The SMILES string of the molecule is COC(=O)C1(C=P(c2ccc(C)cc2)(c2ccc(C)cc2)c2ccc(C)cc2)C23c4c5c6c7c8c9c(c%10c%11c2c2c4c4c%12c5c5c6c6c8c8c%13c9c9c%10c%10c%11c%11c2c2c4c4c%12c%12c5c5c6c8c6c8c%13c9c9c%10c%10c%11c2c2c4c4c%12c5c6c5c8c9c%10c2c45)C713. The third-order valence-corrected chi connectivity index (χ3v) is 33.8. The van der Waals surface area contributed by atoms with E-state index >= 15 is 4.79 Å². The van der Waals surface area contributed by atoms with Gasteiger partial charge < -0.3 is 4.74 Å². The highest BCUT2D eigenvalue weighted by atomic mass is 31.2. The van der Waals surface area contributed by atoms with Crippen LogP contribution in [0, 0.1) is 26.2 Å². The first-order chi connectivity index (χ1) is 43.4. The Kier molecular flexibility index (Phi) is 3.73. The molecule has 31 aromatic rings. The zero-order valence-electron chi connectivity index (χ0n) is 46.8. The molecule has 88 heavy (non-hydrogen) atoms. The lowest BCUT2D eigenvalue weighted by atomic mass is 9.68. The molecule has 0 unspecified atom stereocenters. The van der Waals surface area contributed by atoms with Gasteiger partial charge in [0.05, 0.1) is 17.9 Å². The van der Waals surface area contributed by atoms with E-state index in [-0.39, 0.29) is 5.97 Å². The molecule has 5 aliphatic carbocycles. The van der Waals surface area contributed by atoms with E-state index in [1.807, 2.05) is 0 Å². The second-order valence-electron chi connectivity index (χ2n) is 30.9. The van der Waals surface area contributed by atoms with Crippen LogP contribution < -0.4 is 15.9 Å². The van der Waals surface area contributed by atoms with Crippen LogP contribution in [-0.4, -0.2) is 18.9 Å². The molecule has 0 amide bonds. The number of aryl methyl sites for hydroxylation is 3. The van der Waals surface area contributed by atoms with Crippen molar-refractivity contribution >= 4 is 325 Å². The summed E-state index contributed by atoms with van der Waals surface area (Å²) >= 11 is 0. The fourth-order valence-electron chi connectivity index (χ4n) is 28.6. The van der Waals surface area contributed by atoms with Gasteiger partial charge in [0.15, 0.2) is 0 Å². The Morgan fingerprint density at radius 1 is 0.261 bits per heavy atom. The van der Waals surface area contributed by atoms with E-state index in [0.717, 1.165) is 0 Å². The summed E-state index contributed by atoms with van der Waals surface area (Å²) in [6, 6.07) is 28.9. The van der Waals surface area contributed by atoms with Crippen LogP contribution in [-0.2, 0) is 20.4 Å². The minimum absolute atomic E-state index is 0.0572. The number of carbonyl (C=O) groups excluding carboxylic acids is 1. The maximum Gasteiger partial charge on any atom is 0.318 e. The molecule has 0 aromatic heterocycles. The summed E-state index contributed by atoms with van der Waals surface area (Å²) in [4.78, 5) is 18.1. The van der Waals surface area contributed by atoms with Gasteiger partial charge in [0.2, 0.25) is 0 Å². The fourth-order valence-corrected chi connectivity index (χ4v) is 32.9. The second-order valence-corrected chi connectivity index (χ2v) is 34.2. The van der Waals surface area contributed by atoms with Gasteiger partial charge in [-0.3, -0.25) is 4.79 Å². The fraction of sp³-hybridized carbons (Fsp3) is 0.0824. The van der Waals surface area contributed by atoms with Crippen molar-refractivity contribution in [3.05, 3.63) is 112 Å². The molecule has 0 bridgehead atoms. The summed E-state index contributed by atoms with van der Waals surface area (Å²) in [5, 5.41) is 88.2. The molecule has 0 saturated heterocycles. The Hall–Kier alpha value is -10.1. The van der Waals surface area contributed by atoms with E-state index < -0.39 is 23.1 Å². The van der Waals surface area contributed by atoms with Crippen LogP contribution in [0.1, 0.15) is 38.9 Å². The first-order valence-corrected chi connectivity index (χ1v) is 34.1. The van der Waals surface area contributed by atoms with Gasteiger partial charge in [-0.25, -0.2) is 0 Å². The van der Waals surface area contributed by atoms with Crippen LogP contribution in [0.3, 0.4) is 0 Å². The zero-order chi connectivity index (χ0) is 54.4. The molecule has 1 saturated carbocycles. The molecular formula is C85H25O2P. The number of rotatable bonds is 5. The molecule has 2 spiro atoms. The number of methoxy groups -OCH3 is 1. The molecule has 0 N–H and O–H groups in total. The first kappa shape index (κ1) is 36.8. The van der Waals surface area contributed by atoms with Crippen molar-refractivity contribution in [2.75, 3.05) is 7.11 Å². The highest BCUT2D eigenvalue weighted by Gasteiger charge is 2.97. The highest BCUT2D eigenvalue weighted by Crippen LogP contribution is 2.96. The zero-order valence-corrected chi connectivity index (χ0v) is 47.7. The predicted molar refractivity (Wildman–Crippen MR) is 374 cm³/mol. The smallest absolute Gasteiger partial charge is 0.318 e. The lowest BCUT2D eigenvalue weighted by Crippen LogP contribution is -2.36. The monoisotopic (exact) mass is 1110 g/mol. The van der Waals surface area contributed by atoms with Crippen molar-refractivity contribution in [3.63, 3.8) is 0 Å². The number of ether oxygens (including phenoxy) is 1. The maximum atomic E-state index is 18.1. The van der Waals surface area contributed by atoms with E-state index in [2.05, 4.69) is 99.4 Å². The average Bonchev–Trinajstić information content (AvgIpc) is 1.35. The molecule has 0 heterocycles. The summed E-state index contributed by atoms with van der Waals surface area (Å²) in [5.74, 6) is 2.81. The Morgan fingerprint density at radius 3 is 0.557 bits per heavy atom. The number of esters is 1. The molecule has 31 aromatic carbocycles. The van der Waals surface area contributed by atoms with E-state index in [0.29, 0.717) is 0 Å². The second kappa shape index (κ2) is 8.91. The molecule has 0 atom stereocenters. The van der Waals surface area contributed by atoms with E-state index in [1.54, 1.807) is 212 Å². The quantitative estimate of drug-likeness (QED) is 0.0975. The largest absolute Gasteiger partial charge is 0.468 e. The summed E-state index contributed by atoms with van der Waals surface area (Å²) in [7, 11) is 1.77. The standard InChI is InChI=1S/C85H25O2P/c1-18-5-11-21(12-6-18)88(22-13-7-19(2)8-14-22,23-15-9-20(3)10-16-23)17-83(82(86)87-4)84-78-70-62-52-42-34-26-24-25-28-32-30(26)38-46-40(32)50-44-36(28)37-29(25)33-31-27(24)35(34)43-49-39(31)47-41(33)51-45(37)55-54(44)64-58(50)68-60(46)66(56(62)48(38)42)74(78)76(68)80-72(64)73-65(55)59(51)69-61(47)67-57(49)63(53(43)52)71(70)79(84)75(67)77(69)81(73)85(80,83)84/h5-17H,1-4H3. The molecule has 36 rings (SSSR count). The number of hydrogen-bond donors (Lipinski definition) is 0. The molecule has 1 fully saturated rings. The van der Waals surface area contributed by atoms with Crippen molar-refractivity contribution in [2.45, 2.75) is 31.6 Å². The van der Waals surface area contributed by atoms with Gasteiger partial charge in [0, 0.05) is 0 Å². The molecule has 5 aliphatic rings. The molecule has 3 heteroatoms. The summed E-state index contributed by atoms with van der Waals surface area (Å²) in [6.07, 6.45) is 0. The highest BCUT2D eigenvalue weighted by molar-refractivity contribution is 7.94. The van der Waals surface area contributed by atoms with Gasteiger partial charge in [-0.15, -0.1) is 0 Å². The first-order valence-electron chi connectivity index (χ1n) is 32.2. The summed E-state index contributed by atoms with van der Waals surface area (Å²) in [5.41, 5.74) is 6.86. The Morgan fingerprint density at radius 2 is 0.409 bits per heavy atom. The van der Waals surface area contributed by atoms with E-state index in [4.69, 9.17) is 4.74 Å². The van der Waals surface area contributed by atoms with Gasteiger partial charge in [0.25, 0.3) is 0 Å². The number of benzene rings is 21. The summed E-state index contributed by atoms with van der Waals surface area (Å²) in [6.45, 7) is 3.72. The molecule has 0 radical (unpaired) electrons. The number of hydrogen-bond acceptors (Lipinski definition) is 2. The van der Waals surface area contributed by atoms with Crippen LogP contribution in [0.5, 0.6) is 0 Å². The van der Waals surface area contributed by atoms with Gasteiger partial charge in [-0.1, -0.05) is 95.3 Å². The molecular weight excluding hydrogens is 1080 g/mol. The van der Waals surface area contributed by atoms with E-state index in [1.165, 1.54) is 141 Å². The predicted octanol–water partition coefficient (Wildman–Crippen LogP) is 20.2.